The lowest BCUT2D eigenvalue weighted by molar-refractivity contribution is -0.151. The Morgan fingerprint density at radius 1 is 1.11 bits per heavy atom. The van der Waals surface area contributed by atoms with Gasteiger partial charge in [-0.25, -0.2) is 0 Å². The molecule has 4 rings (SSSR count). The van der Waals surface area contributed by atoms with Crippen LogP contribution < -0.4 is 19.1 Å². The average Bonchev–Trinajstić information content (AvgIpc) is 2.93. The van der Waals surface area contributed by atoms with E-state index < -0.39 is 5.91 Å². The van der Waals surface area contributed by atoms with Gasteiger partial charge in [0, 0.05) is 18.7 Å². The highest BCUT2D eigenvalue weighted by atomic mass is 16.5. The molecule has 0 aromatic heterocycles. The number of nitrogens with zero attached hydrogens (tertiary/aromatic N) is 2. The number of piperidine rings is 1. The van der Waals surface area contributed by atoms with Crippen LogP contribution in [0.5, 0.6) is 17.2 Å². The number of ether oxygens (including phenoxy) is 4. The van der Waals surface area contributed by atoms with E-state index in [-0.39, 0.29) is 56.5 Å². The van der Waals surface area contributed by atoms with Gasteiger partial charge >= 0.3 is 5.97 Å². The maximum atomic E-state index is 13.2. The Morgan fingerprint density at radius 2 is 1.92 bits per heavy atom. The first kappa shape index (κ1) is 27.0. The normalized spacial score (nSPS) is 16.8. The number of fused-ring (bicyclic) bond motifs is 1. The van der Waals surface area contributed by atoms with Crippen molar-refractivity contribution >= 4 is 29.3 Å². The van der Waals surface area contributed by atoms with E-state index in [1.165, 1.54) is 18.1 Å². The summed E-state index contributed by atoms with van der Waals surface area (Å²) in [5, 5.41) is 0. The number of methoxy groups -OCH3 is 1. The van der Waals surface area contributed by atoms with Gasteiger partial charge in [0.25, 0.3) is 5.91 Å². The molecule has 2 aromatic carbocycles. The third kappa shape index (κ3) is 6.07. The maximum Gasteiger partial charge on any atom is 0.310 e. The standard InChI is InChI=1S/C28H32N2O8/c1-4-36-28(34)20-6-5-11-29(14-20)26(32)15-30-21-13-19(8-10-23(21)38-17-27(30)33)22(31)16-37-24-9-7-18(2)12-25(24)35-3/h7-10,12-13,20H,4-6,11,14-17H2,1-3H3. The van der Waals surface area contributed by atoms with E-state index in [1.807, 2.05) is 19.1 Å². The molecule has 2 amide bonds. The minimum atomic E-state index is -0.393. The van der Waals surface area contributed by atoms with E-state index in [1.54, 1.807) is 30.0 Å². The number of carbonyl (C=O) groups excluding carboxylic acids is 4. The number of hydrogen-bond acceptors (Lipinski definition) is 8. The Bertz CT molecular complexity index is 1230. The molecule has 0 spiro atoms. The van der Waals surface area contributed by atoms with Gasteiger partial charge in [-0.2, -0.15) is 0 Å². The Labute approximate surface area is 221 Å². The Morgan fingerprint density at radius 3 is 2.68 bits per heavy atom. The van der Waals surface area contributed by atoms with Crippen LogP contribution in [0.2, 0.25) is 0 Å². The van der Waals surface area contributed by atoms with Crippen molar-refractivity contribution in [1.29, 1.82) is 0 Å². The number of Topliss-reactive ketones (excluding diaryl/α,β-unsaturated/α-hetero) is 1. The summed E-state index contributed by atoms with van der Waals surface area (Å²) in [5.74, 6) is -0.316. The molecule has 202 valence electrons. The quantitative estimate of drug-likeness (QED) is 0.364. The van der Waals surface area contributed by atoms with Gasteiger partial charge in [0.1, 0.15) is 12.3 Å². The molecule has 1 fully saturated rings. The van der Waals surface area contributed by atoms with Crippen molar-refractivity contribution < 1.29 is 38.1 Å². The monoisotopic (exact) mass is 524 g/mol. The molecule has 0 radical (unpaired) electrons. The van der Waals surface area contributed by atoms with E-state index in [0.717, 1.165) is 5.56 Å². The molecular formula is C28H32N2O8. The van der Waals surface area contributed by atoms with Crippen LogP contribution in [-0.2, 0) is 19.1 Å². The van der Waals surface area contributed by atoms with Gasteiger partial charge in [0.2, 0.25) is 5.91 Å². The van der Waals surface area contributed by atoms with E-state index in [4.69, 9.17) is 18.9 Å². The number of amides is 2. The van der Waals surface area contributed by atoms with Gasteiger partial charge in [-0.3, -0.25) is 24.1 Å². The van der Waals surface area contributed by atoms with Crippen molar-refractivity contribution in [2.24, 2.45) is 5.92 Å². The molecule has 1 atom stereocenters. The van der Waals surface area contributed by atoms with Crippen LogP contribution in [0.1, 0.15) is 35.7 Å². The minimum absolute atomic E-state index is 0.213. The Hall–Kier alpha value is -4.08. The topological polar surface area (TPSA) is 112 Å². The average molecular weight is 525 g/mol. The van der Waals surface area contributed by atoms with Crippen molar-refractivity contribution in [3.63, 3.8) is 0 Å². The lowest BCUT2D eigenvalue weighted by Gasteiger charge is -2.34. The molecule has 2 aliphatic rings. The number of hydrogen-bond donors (Lipinski definition) is 0. The number of rotatable bonds is 9. The lowest BCUT2D eigenvalue weighted by Crippen LogP contribution is -2.49. The fourth-order valence-corrected chi connectivity index (χ4v) is 4.56. The number of carbonyl (C=O) groups is 4. The molecule has 38 heavy (non-hydrogen) atoms. The van der Waals surface area contributed by atoms with E-state index in [2.05, 4.69) is 0 Å². The van der Waals surface area contributed by atoms with Crippen LogP contribution in [-0.4, -0.2) is 75.0 Å². The highest BCUT2D eigenvalue weighted by Gasteiger charge is 2.33. The second-order valence-corrected chi connectivity index (χ2v) is 9.25. The van der Waals surface area contributed by atoms with E-state index >= 15 is 0 Å². The molecule has 10 heteroatoms. The lowest BCUT2D eigenvalue weighted by atomic mass is 9.98. The molecule has 2 heterocycles. The third-order valence-corrected chi connectivity index (χ3v) is 6.59. The zero-order valence-electron chi connectivity index (χ0n) is 21.9. The van der Waals surface area contributed by atoms with Crippen molar-refractivity contribution in [1.82, 2.24) is 4.90 Å². The summed E-state index contributed by atoms with van der Waals surface area (Å²) < 4.78 is 21.7. The molecule has 0 aliphatic carbocycles. The van der Waals surface area contributed by atoms with Gasteiger partial charge in [0.15, 0.2) is 30.5 Å². The first-order valence-corrected chi connectivity index (χ1v) is 12.6. The molecule has 2 aliphatic heterocycles. The SMILES string of the molecule is CCOC(=O)C1CCCN(C(=O)CN2C(=O)COc3ccc(C(=O)COc4ccc(C)cc4OC)cc32)C1. The summed E-state index contributed by atoms with van der Waals surface area (Å²) in [6.45, 7) is 4.03. The van der Waals surface area contributed by atoms with Crippen LogP contribution >= 0.6 is 0 Å². The second-order valence-electron chi connectivity index (χ2n) is 9.25. The number of ketones is 1. The number of benzene rings is 2. The molecule has 0 bridgehead atoms. The third-order valence-electron chi connectivity index (χ3n) is 6.59. The summed E-state index contributed by atoms with van der Waals surface area (Å²) in [5.41, 5.74) is 1.65. The molecule has 2 aromatic rings. The molecule has 0 N–H and O–H groups in total. The zero-order chi connectivity index (χ0) is 27.2. The Kier molecular flexibility index (Phi) is 8.50. The molecule has 10 nitrogen and oxygen atoms in total. The summed E-state index contributed by atoms with van der Waals surface area (Å²) in [6.07, 6.45) is 1.33. The van der Waals surface area contributed by atoms with Gasteiger partial charge in [-0.05, 0) is 62.6 Å². The summed E-state index contributed by atoms with van der Waals surface area (Å²) in [4.78, 5) is 54.0. The number of aryl methyl sites for hydroxylation is 1. The maximum absolute atomic E-state index is 13.2. The largest absolute Gasteiger partial charge is 0.493 e. The molecule has 1 unspecified atom stereocenters. The smallest absolute Gasteiger partial charge is 0.310 e. The van der Waals surface area contributed by atoms with Crippen LogP contribution in [0.25, 0.3) is 0 Å². The first-order chi connectivity index (χ1) is 18.3. The predicted molar refractivity (Wildman–Crippen MR) is 138 cm³/mol. The van der Waals surface area contributed by atoms with E-state index in [9.17, 15) is 19.2 Å². The minimum Gasteiger partial charge on any atom is -0.493 e. The van der Waals surface area contributed by atoms with Crippen LogP contribution in [0.15, 0.2) is 36.4 Å². The van der Waals surface area contributed by atoms with E-state index in [0.29, 0.717) is 47.9 Å². The number of anilines is 1. The molecule has 1 saturated heterocycles. The van der Waals surface area contributed by atoms with Gasteiger partial charge < -0.3 is 23.8 Å². The van der Waals surface area contributed by atoms with Crippen LogP contribution in [0.3, 0.4) is 0 Å². The van der Waals surface area contributed by atoms with Crippen molar-refractivity contribution in [3.05, 3.63) is 47.5 Å². The second kappa shape index (κ2) is 12.0. The Balaban J connectivity index is 1.46. The number of esters is 1. The molecule has 0 saturated carbocycles. The fraction of sp³-hybridized carbons (Fsp3) is 0.429. The highest BCUT2D eigenvalue weighted by molar-refractivity contribution is 6.04. The summed E-state index contributed by atoms with van der Waals surface area (Å²) in [7, 11) is 1.53. The van der Waals surface area contributed by atoms with Gasteiger partial charge in [-0.15, -0.1) is 0 Å². The first-order valence-electron chi connectivity index (χ1n) is 12.6. The highest BCUT2D eigenvalue weighted by Crippen LogP contribution is 2.34. The predicted octanol–water partition coefficient (Wildman–Crippen LogP) is 2.79. The summed E-state index contributed by atoms with van der Waals surface area (Å²) >= 11 is 0. The van der Waals surface area contributed by atoms with Crippen LogP contribution in [0.4, 0.5) is 5.69 Å². The van der Waals surface area contributed by atoms with Crippen molar-refractivity contribution in [2.75, 3.05) is 51.5 Å². The van der Waals surface area contributed by atoms with Crippen molar-refractivity contribution in [2.45, 2.75) is 26.7 Å². The van der Waals surface area contributed by atoms with Crippen molar-refractivity contribution in [3.8, 4) is 17.2 Å². The number of likely N-dealkylation sites (tertiary alicyclic amines) is 1. The summed E-state index contributed by atoms with van der Waals surface area (Å²) in [6, 6.07) is 10.2. The van der Waals surface area contributed by atoms with Gasteiger partial charge in [0.05, 0.1) is 25.3 Å². The van der Waals surface area contributed by atoms with Gasteiger partial charge in [-0.1, -0.05) is 6.07 Å². The van der Waals surface area contributed by atoms with Crippen LogP contribution in [0, 0.1) is 12.8 Å². The molecular weight excluding hydrogens is 492 g/mol. The fourth-order valence-electron chi connectivity index (χ4n) is 4.56. The zero-order valence-corrected chi connectivity index (χ0v) is 21.9.